The van der Waals surface area contributed by atoms with E-state index in [2.05, 4.69) is 10.1 Å². The van der Waals surface area contributed by atoms with E-state index < -0.39 is 0 Å². The molecule has 0 saturated carbocycles. The maximum absolute atomic E-state index is 6.19. The predicted molar refractivity (Wildman–Crippen MR) is 73.8 cm³/mol. The second-order valence-corrected chi connectivity index (χ2v) is 5.23. The second-order valence-electron chi connectivity index (χ2n) is 4.83. The predicted octanol–water partition coefficient (Wildman–Crippen LogP) is 3.42. The van der Waals surface area contributed by atoms with E-state index in [9.17, 15) is 0 Å². The summed E-state index contributed by atoms with van der Waals surface area (Å²) in [7, 11) is 0. The lowest BCUT2D eigenvalue weighted by Crippen LogP contribution is -2.38. The Morgan fingerprint density at radius 1 is 1.47 bits per heavy atom. The fraction of sp³-hybridized carbons (Fsp3) is 0.357. The van der Waals surface area contributed by atoms with Crippen LogP contribution in [0.15, 0.2) is 28.8 Å². The standard InChI is InChI=1S/C14H15ClN2O2/c1-9-6-11(16-19-9)8-17-7-10(2)18-14-12(15)4-3-5-13(14)17/h3-6,10H,7-8H2,1-2H3/t10-/m0/s1. The van der Waals surface area contributed by atoms with Crippen LogP contribution in [0.2, 0.25) is 5.02 Å². The van der Waals surface area contributed by atoms with Crippen molar-refractivity contribution in [3.8, 4) is 5.75 Å². The molecule has 0 aliphatic carbocycles. The van der Waals surface area contributed by atoms with E-state index in [1.54, 1.807) is 0 Å². The van der Waals surface area contributed by atoms with Crippen molar-refractivity contribution in [2.24, 2.45) is 0 Å². The number of aryl methyl sites for hydroxylation is 1. The molecule has 0 N–H and O–H groups in total. The van der Waals surface area contributed by atoms with Crippen LogP contribution >= 0.6 is 11.6 Å². The van der Waals surface area contributed by atoms with Crippen molar-refractivity contribution in [1.29, 1.82) is 0 Å². The van der Waals surface area contributed by atoms with Crippen LogP contribution in [0.4, 0.5) is 5.69 Å². The van der Waals surface area contributed by atoms with Gasteiger partial charge in [0, 0.05) is 6.07 Å². The molecule has 4 nitrogen and oxygen atoms in total. The first-order chi connectivity index (χ1) is 9.13. The lowest BCUT2D eigenvalue weighted by molar-refractivity contribution is 0.212. The van der Waals surface area contributed by atoms with Crippen LogP contribution in [0.5, 0.6) is 5.75 Å². The Labute approximate surface area is 116 Å². The maximum Gasteiger partial charge on any atom is 0.161 e. The van der Waals surface area contributed by atoms with E-state index in [0.29, 0.717) is 11.6 Å². The number of rotatable bonds is 2. The van der Waals surface area contributed by atoms with Crippen molar-refractivity contribution in [3.05, 3.63) is 40.7 Å². The summed E-state index contributed by atoms with van der Waals surface area (Å²) in [5, 5.41) is 4.68. The van der Waals surface area contributed by atoms with Gasteiger partial charge >= 0.3 is 0 Å². The largest absolute Gasteiger partial charge is 0.485 e. The van der Waals surface area contributed by atoms with E-state index >= 15 is 0 Å². The van der Waals surface area contributed by atoms with E-state index in [-0.39, 0.29) is 6.10 Å². The Morgan fingerprint density at radius 2 is 2.32 bits per heavy atom. The van der Waals surface area contributed by atoms with Gasteiger partial charge in [-0.1, -0.05) is 22.8 Å². The molecule has 1 aromatic carbocycles. The minimum absolute atomic E-state index is 0.0976. The molecule has 1 aliphatic rings. The zero-order valence-corrected chi connectivity index (χ0v) is 11.6. The molecule has 0 bridgehead atoms. The normalized spacial score (nSPS) is 18.1. The number of ether oxygens (including phenoxy) is 1. The summed E-state index contributed by atoms with van der Waals surface area (Å²) in [6, 6.07) is 7.74. The Bertz CT molecular complexity index is 597. The first kappa shape index (κ1) is 12.4. The number of halogens is 1. The first-order valence-electron chi connectivity index (χ1n) is 6.26. The van der Waals surface area contributed by atoms with Crippen molar-refractivity contribution in [2.75, 3.05) is 11.4 Å². The van der Waals surface area contributed by atoms with Gasteiger partial charge in [0.25, 0.3) is 0 Å². The Balaban J connectivity index is 1.92. The summed E-state index contributed by atoms with van der Waals surface area (Å²) < 4.78 is 10.9. The minimum Gasteiger partial charge on any atom is -0.485 e. The number of hydrogen-bond acceptors (Lipinski definition) is 4. The van der Waals surface area contributed by atoms with Crippen LogP contribution in [0, 0.1) is 6.92 Å². The highest BCUT2D eigenvalue weighted by Crippen LogP contribution is 2.39. The smallest absolute Gasteiger partial charge is 0.161 e. The third-order valence-electron chi connectivity index (χ3n) is 3.11. The molecule has 3 rings (SSSR count). The number of nitrogens with zero attached hydrogens (tertiary/aromatic N) is 2. The van der Waals surface area contributed by atoms with Gasteiger partial charge in [-0.25, -0.2) is 0 Å². The molecule has 0 saturated heterocycles. The average molecular weight is 279 g/mol. The van der Waals surface area contributed by atoms with E-state index in [1.807, 2.05) is 38.1 Å². The second kappa shape index (κ2) is 4.78. The Kier molecular flexibility index (Phi) is 3.11. The lowest BCUT2D eigenvalue weighted by atomic mass is 10.2. The zero-order chi connectivity index (χ0) is 13.4. The Morgan fingerprint density at radius 3 is 3.05 bits per heavy atom. The van der Waals surface area contributed by atoms with Crippen LogP contribution in [0.1, 0.15) is 18.4 Å². The first-order valence-corrected chi connectivity index (χ1v) is 6.63. The topological polar surface area (TPSA) is 38.5 Å². The molecule has 100 valence electrons. The number of aromatic nitrogens is 1. The highest BCUT2D eigenvalue weighted by molar-refractivity contribution is 6.32. The van der Waals surface area contributed by atoms with Crippen LogP contribution in [0.25, 0.3) is 0 Å². The number of hydrogen-bond donors (Lipinski definition) is 0. The SMILES string of the molecule is Cc1cc(CN2C[C@H](C)Oc3c(Cl)cccc32)no1. The quantitative estimate of drug-likeness (QED) is 0.844. The number of fused-ring (bicyclic) bond motifs is 1. The summed E-state index contributed by atoms with van der Waals surface area (Å²) in [5.74, 6) is 1.57. The van der Waals surface area contributed by atoms with Crippen LogP contribution in [-0.2, 0) is 6.54 Å². The van der Waals surface area contributed by atoms with Crippen molar-refractivity contribution >= 4 is 17.3 Å². The molecule has 1 aromatic heterocycles. The van der Waals surface area contributed by atoms with Gasteiger partial charge in [-0.15, -0.1) is 0 Å². The summed E-state index contributed by atoms with van der Waals surface area (Å²) in [5.41, 5.74) is 1.92. The molecular weight excluding hydrogens is 264 g/mol. The van der Waals surface area contributed by atoms with Gasteiger partial charge in [0.1, 0.15) is 17.6 Å². The molecule has 0 radical (unpaired) electrons. The van der Waals surface area contributed by atoms with Gasteiger partial charge in [-0.3, -0.25) is 0 Å². The monoisotopic (exact) mass is 278 g/mol. The summed E-state index contributed by atoms with van der Waals surface area (Å²) in [6.07, 6.45) is 0.0976. The summed E-state index contributed by atoms with van der Waals surface area (Å²) in [4.78, 5) is 2.21. The van der Waals surface area contributed by atoms with Crippen LogP contribution in [0.3, 0.4) is 0 Å². The highest BCUT2D eigenvalue weighted by atomic mass is 35.5. The third kappa shape index (κ3) is 2.40. The van der Waals surface area contributed by atoms with Gasteiger partial charge in [0.05, 0.1) is 23.8 Å². The summed E-state index contributed by atoms with van der Waals surface area (Å²) >= 11 is 6.19. The fourth-order valence-corrected chi connectivity index (χ4v) is 2.56. The summed E-state index contributed by atoms with van der Waals surface area (Å²) in [6.45, 7) is 5.42. The molecule has 0 unspecified atom stereocenters. The molecular formula is C14H15ClN2O2. The van der Waals surface area contributed by atoms with Crippen molar-refractivity contribution < 1.29 is 9.26 Å². The van der Waals surface area contributed by atoms with E-state index in [1.165, 1.54) is 0 Å². The van der Waals surface area contributed by atoms with E-state index in [0.717, 1.165) is 29.4 Å². The highest BCUT2D eigenvalue weighted by Gasteiger charge is 2.25. The Hall–Kier alpha value is -1.68. The molecule has 5 heteroatoms. The number of benzene rings is 1. The zero-order valence-electron chi connectivity index (χ0n) is 10.9. The maximum atomic E-state index is 6.19. The van der Waals surface area contributed by atoms with Gasteiger partial charge in [-0.05, 0) is 26.0 Å². The molecule has 2 heterocycles. The minimum atomic E-state index is 0.0976. The van der Waals surface area contributed by atoms with Crippen molar-refractivity contribution in [3.63, 3.8) is 0 Å². The molecule has 1 aliphatic heterocycles. The van der Waals surface area contributed by atoms with Gasteiger partial charge < -0.3 is 14.2 Å². The number of anilines is 1. The van der Waals surface area contributed by atoms with Crippen molar-refractivity contribution in [1.82, 2.24) is 5.16 Å². The fourth-order valence-electron chi connectivity index (χ4n) is 2.35. The molecule has 0 fully saturated rings. The molecule has 0 spiro atoms. The van der Waals surface area contributed by atoms with Gasteiger partial charge in [-0.2, -0.15) is 0 Å². The molecule has 2 aromatic rings. The van der Waals surface area contributed by atoms with E-state index in [4.69, 9.17) is 20.9 Å². The molecule has 0 amide bonds. The van der Waals surface area contributed by atoms with Crippen LogP contribution < -0.4 is 9.64 Å². The molecule has 1 atom stereocenters. The average Bonchev–Trinajstić information content (AvgIpc) is 2.76. The number of para-hydroxylation sites is 1. The van der Waals surface area contributed by atoms with Gasteiger partial charge in [0.15, 0.2) is 5.75 Å². The third-order valence-corrected chi connectivity index (χ3v) is 3.41. The van der Waals surface area contributed by atoms with Gasteiger partial charge in [0.2, 0.25) is 0 Å². The van der Waals surface area contributed by atoms with Crippen LogP contribution in [-0.4, -0.2) is 17.8 Å². The molecule has 19 heavy (non-hydrogen) atoms. The van der Waals surface area contributed by atoms with Crippen molar-refractivity contribution in [2.45, 2.75) is 26.5 Å². The lowest BCUT2D eigenvalue weighted by Gasteiger charge is -2.34.